The Morgan fingerprint density at radius 3 is 2.03 bits per heavy atom. The lowest BCUT2D eigenvalue weighted by molar-refractivity contribution is -0.159. The SMILES string of the molecule is CC(OC(=O)C(C)Sc1ccccc1)C(=O)N1CCN(S(=O)(=O)c2ccccc2)CC1. The molecule has 166 valence electrons. The van der Waals surface area contributed by atoms with Crippen molar-refractivity contribution in [3.05, 3.63) is 60.7 Å². The fourth-order valence-corrected chi connectivity index (χ4v) is 5.54. The summed E-state index contributed by atoms with van der Waals surface area (Å²) in [6.07, 6.45) is -0.927. The summed E-state index contributed by atoms with van der Waals surface area (Å²) in [6.45, 7) is 4.19. The Balaban J connectivity index is 1.51. The molecule has 1 aliphatic rings. The molecule has 31 heavy (non-hydrogen) atoms. The van der Waals surface area contributed by atoms with Gasteiger partial charge in [-0.1, -0.05) is 36.4 Å². The van der Waals surface area contributed by atoms with Gasteiger partial charge in [-0.2, -0.15) is 4.31 Å². The lowest BCUT2D eigenvalue weighted by Gasteiger charge is -2.35. The zero-order valence-corrected chi connectivity index (χ0v) is 19.1. The Bertz CT molecular complexity index is 991. The van der Waals surface area contributed by atoms with Crippen molar-refractivity contribution in [1.29, 1.82) is 0 Å². The summed E-state index contributed by atoms with van der Waals surface area (Å²) in [5, 5.41) is -0.453. The van der Waals surface area contributed by atoms with Crippen molar-refractivity contribution >= 4 is 33.7 Å². The van der Waals surface area contributed by atoms with Crippen LogP contribution >= 0.6 is 11.8 Å². The largest absolute Gasteiger partial charge is 0.452 e. The van der Waals surface area contributed by atoms with Crippen molar-refractivity contribution in [3.8, 4) is 0 Å². The number of esters is 1. The number of benzene rings is 2. The highest BCUT2D eigenvalue weighted by molar-refractivity contribution is 8.00. The number of piperazine rings is 1. The molecule has 2 unspecified atom stereocenters. The molecule has 1 heterocycles. The van der Waals surface area contributed by atoms with Gasteiger partial charge >= 0.3 is 5.97 Å². The third-order valence-corrected chi connectivity index (χ3v) is 7.96. The summed E-state index contributed by atoms with van der Waals surface area (Å²) in [5.41, 5.74) is 0. The highest BCUT2D eigenvalue weighted by atomic mass is 32.2. The molecule has 2 aromatic carbocycles. The number of carbonyl (C=O) groups excluding carboxylic acids is 2. The molecule has 0 aliphatic carbocycles. The fourth-order valence-electron chi connectivity index (χ4n) is 3.22. The van der Waals surface area contributed by atoms with Gasteiger partial charge in [0.1, 0.15) is 5.25 Å². The summed E-state index contributed by atoms with van der Waals surface area (Å²) >= 11 is 1.37. The van der Waals surface area contributed by atoms with Crippen LogP contribution in [-0.2, 0) is 24.3 Å². The number of rotatable bonds is 7. The number of thioether (sulfide) groups is 1. The second-order valence-electron chi connectivity index (χ2n) is 7.19. The normalized spacial score (nSPS) is 17.0. The zero-order valence-electron chi connectivity index (χ0n) is 17.5. The molecule has 3 rings (SSSR count). The first-order valence-corrected chi connectivity index (χ1v) is 12.4. The van der Waals surface area contributed by atoms with Gasteiger partial charge in [0.25, 0.3) is 5.91 Å². The average molecular weight is 463 g/mol. The second kappa shape index (κ2) is 10.3. The first-order chi connectivity index (χ1) is 14.8. The van der Waals surface area contributed by atoms with Crippen LogP contribution in [0.1, 0.15) is 13.8 Å². The van der Waals surface area contributed by atoms with Gasteiger partial charge in [-0.15, -0.1) is 11.8 Å². The molecule has 0 radical (unpaired) electrons. The van der Waals surface area contributed by atoms with E-state index in [1.807, 2.05) is 30.3 Å². The van der Waals surface area contributed by atoms with E-state index in [0.29, 0.717) is 0 Å². The molecule has 0 N–H and O–H groups in total. The molecule has 0 bridgehead atoms. The Labute approximate surface area is 187 Å². The van der Waals surface area contributed by atoms with Crippen LogP contribution in [0.5, 0.6) is 0 Å². The summed E-state index contributed by atoms with van der Waals surface area (Å²) in [7, 11) is -3.58. The predicted octanol–water partition coefficient (Wildman–Crippen LogP) is 2.63. The van der Waals surface area contributed by atoms with Gasteiger partial charge < -0.3 is 9.64 Å². The standard InChI is InChI=1S/C22H26N2O5S2/c1-17(29-22(26)18(2)30-19-9-5-3-6-10-19)21(25)23-13-15-24(16-14-23)31(27,28)20-11-7-4-8-12-20/h3-12,17-18H,13-16H2,1-2H3. The van der Waals surface area contributed by atoms with Crippen molar-refractivity contribution in [2.24, 2.45) is 0 Å². The smallest absolute Gasteiger partial charge is 0.319 e. The average Bonchev–Trinajstić information content (AvgIpc) is 2.79. The van der Waals surface area contributed by atoms with E-state index in [9.17, 15) is 18.0 Å². The molecule has 2 atom stereocenters. The monoisotopic (exact) mass is 462 g/mol. The molecule has 1 amide bonds. The van der Waals surface area contributed by atoms with Crippen LogP contribution in [0.2, 0.25) is 0 Å². The van der Waals surface area contributed by atoms with E-state index in [1.165, 1.54) is 16.1 Å². The molecule has 2 aromatic rings. The summed E-state index contributed by atoms with van der Waals surface area (Å²) in [4.78, 5) is 27.8. The Morgan fingerprint density at radius 2 is 1.45 bits per heavy atom. The third-order valence-electron chi connectivity index (χ3n) is 4.96. The van der Waals surface area contributed by atoms with Crippen molar-refractivity contribution in [3.63, 3.8) is 0 Å². The number of hydrogen-bond acceptors (Lipinski definition) is 6. The molecule has 9 heteroatoms. The Hall–Kier alpha value is -2.36. The predicted molar refractivity (Wildman–Crippen MR) is 119 cm³/mol. The Kier molecular flexibility index (Phi) is 7.74. The van der Waals surface area contributed by atoms with Crippen LogP contribution in [0, 0.1) is 0 Å². The molecule has 0 saturated carbocycles. The summed E-state index contributed by atoms with van der Waals surface area (Å²) in [5.74, 6) is -0.776. The van der Waals surface area contributed by atoms with E-state index in [1.54, 1.807) is 49.1 Å². The van der Waals surface area contributed by atoms with Gasteiger partial charge in [0, 0.05) is 31.1 Å². The van der Waals surface area contributed by atoms with Crippen LogP contribution in [-0.4, -0.2) is 67.0 Å². The van der Waals surface area contributed by atoms with Gasteiger partial charge in [0.15, 0.2) is 6.10 Å². The van der Waals surface area contributed by atoms with E-state index < -0.39 is 27.3 Å². The van der Waals surface area contributed by atoms with E-state index >= 15 is 0 Å². The maximum absolute atomic E-state index is 12.7. The van der Waals surface area contributed by atoms with Crippen molar-refractivity contribution < 1.29 is 22.7 Å². The van der Waals surface area contributed by atoms with Crippen LogP contribution < -0.4 is 0 Å². The number of hydrogen-bond donors (Lipinski definition) is 0. The van der Waals surface area contributed by atoms with Gasteiger partial charge in [-0.3, -0.25) is 9.59 Å². The summed E-state index contributed by atoms with van der Waals surface area (Å²) < 4.78 is 32.2. The van der Waals surface area contributed by atoms with Crippen molar-refractivity contribution in [2.45, 2.75) is 35.0 Å². The van der Waals surface area contributed by atoms with E-state index in [-0.39, 0.29) is 37.0 Å². The van der Waals surface area contributed by atoms with Gasteiger partial charge in [-0.25, -0.2) is 8.42 Å². The summed E-state index contributed by atoms with van der Waals surface area (Å²) in [6, 6.07) is 17.7. The van der Waals surface area contributed by atoms with E-state index in [4.69, 9.17) is 4.74 Å². The maximum Gasteiger partial charge on any atom is 0.319 e. The molecule has 0 spiro atoms. The number of sulfonamides is 1. The quantitative estimate of drug-likeness (QED) is 0.465. The Morgan fingerprint density at radius 1 is 0.903 bits per heavy atom. The lowest BCUT2D eigenvalue weighted by Crippen LogP contribution is -2.53. The van der Waals surface area contributed by atoms with E-state index in [2.05, 4.69) is 0 Å². The number of nitrogens with zero attached hydrogens (tertiary/aromatic N) is 2. The van der Waals surface area contributed by atoms with Crippen molar-refractivity contribution in [2.75, 3.05) is 26.2 Å². The molecule has 0 aromatic heterocycles. The minimum atomic E-state index is -3.58. The van der Waals surface area contributed by atoms with E-state index in [0.717, 1.165) is 4.90 Å². The molecular formula is C22H26N2O5S2. The highest BCUT2D eigenvalue weighted by Crippen LogP contribution is 2.24. The number of carbonyl (C=O) groups is 2. The lowest BCUT2D eigenvalue weighted by atomic mass is 10.3. The molecule has 1 aliphatic heterocycles. The first kappa shape index (κ1) is 23.3. The number of ether oxygens (including phenoxy) is 1. The first-order valence-electron chi connectivity index (χ1n) is 10.0. The second-order valence-corrected chi connectivity index (χ2v) is 10.5. The minimum absolute atomic E-state index is 0.198. The maximum atomic E-state index is 12.7. The van der Waals surface area contributed by atoms with Crippen LogP contribution in [0.15, 0.2) is 70.5 Å². The minimum Gasteiger partial charge on any atom is -0.452 e. The third kappa shape index (κ3) is 5.87. The molecule has 1 fully saturated rings. The van der Waals surface area contributed by atoms with Gasteiger partial charge in [0.2, 0.25) is 10.0 Å². The molecular weight excluding hydrogens is 436 g/mol. The van der Waals surface area contributed by atoms with Crippen LogP contribution in [0.3, 0.4) is 0 Å². The topological polar surface area (TPSA) is 84.0 Å². The number of amides is 1. The highest BCUT2D eigenvalue weighted by Gasteiger charge is 2.33. The van der Waals surface area contributed by atoms with Crippen LogP contribution in [0.4, 0.5) is 0 Å². The fraction of sp³-hybridized carbons (Fsp3) is 0.364. The molecule has 1 saturated heterocycles. The molecule has 7 nitrogen and oxygen atoms in total. The van der Waals surface area contributed by atoms with Crippen LogP contribution in [0.25, 0.3) is 0 Å². The zero-order chi connectivity index (χ0) is 22.4. The van der Waals surface area contributed by atoms with Gasteiger partial charge in [0.05, 0.1) is 4.90 Å². The van der Waals surface area contributed by atoms with Gasteiger partial charge in [-0.05, 0) is 38.1 Å². The van der Waals surface area contributed by atoms with Crippen molar-refractivity contribution in [1.82, 2.24) is 9.21 Å².